The molecule has 24 heavy (non-hydrogen) atoms. The minimum atomic E-state index is 0. The van der Waals surface area contributed by atoms with Crippen LogP contribution in [0.1, 0.15) is 45.4 Å². The Morgan fingerprint density at radius 1 is 1.25 bits per heavy atom. The van der Waals surface area contributed by atoms with E-state index in [1.165, 1.54) is 25.7 Å². The average Bonchev–Trinajstić information content (AvgIpc) is 2.60. The Balaban J connectivity index is 0.00000288. The molecule has 0 aromatic heterocycles. The average molecular weight is 450 g/mol. The van der Waals surface area contributed by atoms with Crippen molar-refractivity contribution in [1.82, 2.24) is 15.5 Å². The van der Waals surface area contributed by atoms with Gasteiger partial charge in [-0.3, -0.25) is 9.89 Å². The molecular weight excluding hydrogens is 415 g/mol. The number of nitrogens with one attached hydrogen (secondary N) is 2. The molecule has 0 aromatic rings. The van der Waals surface area contributed by atoms with E-state index in [9.17, 15) is 0 Å². The van der Waals surface area contributed by atoms with Gasteiger partial charge in [0.15, 0.2) is 5.96 Å². The van der Waals surface area contributed by atoms with E-state index in [4.69, 9.17) is 9.73 Å². The fourth-order valence-corrected chi connectivity index (χ4v) is 3.12. The van der Waals surface area contributed by atoms with Crippen LogP contribution in [0, 0.1) is 0 Å². The summed E-state index contributed by atoms with van der Waals surface area (Å²) in [4.78, 5) is 7.16. The first-order chi connectivity index (χ1) is 11.4. The fourth-order valence-electron chi connectivity index (χ4n) is 3.12. The second-order valence-electron chi connectivity index (χ2n) is 6.35. The molecule has 140 valence electrons. The van der Waals surface area contributed by atoms with E-state index in [0.717, 1.165) is 71.3 Å². The highest BCUT2D eigenvalue weighted by molar-refractivity contribution is 14.0. The maximum atomic E-state index is 5.38. The fraction of sp³-hybridized carbons (Fsp3) is 0.833. The van der Waals surface area contributed by atoms with E-state index in [-0.39, 0.29) is 24.0 Å². The molecule has 0 saturated carbocycles. The van der Waals surface area contributed by atoms with Crippen LogP contribution in [0.15, 0.2) is 16.6 Å². The van der Waals surface area contributed by atoms with E-state index in [0.29, 0.717) is 0 Å². The first kappa shape index (κ1) is 21.7. The molecule has 5 nitrogen and oxygen atoms in total. The summed E-state index contributed by atoms with van der Waals surface area (Å²) in [6, 6.07) is 0. The molecule has 1 heterocycles. The van der Waals surface area contributed by atoms with Gasteiger partial charge in [0.2, 0.25) is 0 Å². The summed E-state index contributed by atoms with van der Waals surface area (Å²) >= 11 is 0. The van der Waals surface area contributed by atoms with Gasteiger partial charge in [-0.15, -0.1) is 24.0 Å². The molecule has 2 rings (SSSR count). The van der Waals surface area contributed by atoms with Crippen LogP contribution in [0.3, 0.4) is 0 Å². The normalized spacial score (nSPS) is 19.4. The first-order valence-corrected chi connectivity index (χ1v) is 9.38. The van der Waals surface area contributed by atoms with E-state index < -0.39 is 0 Å². The van der Waals surface area contributed by atoms with Crippen molar-refractivity contribution in [1.29, 1.82) is 0 Å². The maximum Gasteiger partial charge on any atom is 0.191 e. The SMILES string of the molecule is CCNC(=NCCCN1CCOCC1)NCCC1=CCCCC1.I. The summed E-state index contributed by atoms with van der Waals surface area (Å²) in [5.41, 5.74) is 1.62. The van der Waals surface area contributed by atoms with Crippen molar-refractivity contribution in [3.8, 4) is 0 Å². The highest BCUT2D eigenvalue weighted by Crippen LogP contribution is 2.19. The van der Waals surface area contributed by atoms with Gasteiger partial charge in [0.1, 0.15) is 0 Å². The Bertz CT molecular complexity index is 381. The van der Waals surface area contributed by atoms with Crippen molar-refractivity contribution in [2.45, 2.75) is 45.4 Å². The molecule has 0 unspecified atom stereocenters. The number of nitrogens with zero attached hydrogens (tertiary/aromatic N) is 2. The van der Waals surface area contributed by atoms with Gasteiger partial charge >= 0.3 is 0 Å². The Morgan fingerprint density at radius 2 is 2.08 bits per heavy atom. The smallest absolute Gasteiger partial charge is 0.191 e. The van der Waals surface area contributed by atoms with Crippen molar-refractivity contribution < 1.29 is 4.74 Å². The third-order valence-electron chi connectivity index (χ3n) is 4.47. The van der Waals surface area contributed by atoms with E-state index >= 15 is 0 Å². The third kappa shape index (κ3) is 9.22. The number of guanidine groups is 1. The van der Waals surface area contributed by atoms with E-state index in [1.54, 1.807) is 5.57 Å². The Labute approximate surface area is 164 Å². The van der Waals surface area contributed by atoms with Crippen LogP contribution in [0.5, 0.6) is 0 Å². The molecular formula is C18H35IN4O. The van der Waals surface area contributed by atoms with Crippen LogP contribution in [0.25, 0.3) is 0 Å². The summed E-state index contributed by atoms with van der Waals surface area (Å²) in [6.07, 6.45) is 9.98. The molecule has 2 aliphatic rings. The Kier molecular flexibility index (Phi) is 12.6. The summed E-state index contributed by atoms with van der Waals surface area (Å²) in [6.45, 7) is 9.92. The lowest BCUT2D eigenvalue weighted by Gasteiger charge is -2.26. The van der Waals surface area contributed by atoms with Gasteiger partial charge in [-0.25, -0.2) is 0 Å². The van der Waals surface area contributed by atoms with Gasteiger partial charge in [0.05, 0.1) is 13.2 Å². The van der Waals surface area contributed by atoms with Gasteiger partial charge in [-0.1, -0.05) is 11.6 Å². The molecule has 1 aliphatic heterocycles. The zero-order chi connectivity index (χ0) is 16.2. The number of rotatable bonds is 8. The zero-order valence-electron chi connectivity index (χ0n) is 15.2. The first-order valence-electron chi connectivity index (χ1n) is 9.38. The number of ether oxygens (including phenoxy) is 1. The van der Waals surface area contributed by atoms with Crippen molar-refractivity contribution in [3.05, 3.63) is 11.6 Å². The Hall–Kier alpha value is -0.340. The highest BCUT2D eigenvalue weighted by atomic mass is 127. The van der Waals surface area contributed by atoms with Gasteiger partial charge in [-0.05, 0) is 45.4 Å². The Morgan fingerprint density at radius 3 is 2.79 bits per heavy atom. The van der Waals surface area contributed by atoms with Gasteiger partial charge in [0, 0.05) is 39.3 Å². The van der Waals surface area contributed by atoms with Crippen LogP contribution in [0.2, 0.25) is 0 Å². The maximum absolute atomic E-state index is 5.38. The second-order valence-corrected chi connectivity index (χ2v) is 6.35. The minimum Gasteiger partial charge on any atom is -0.379 e. The largest absolute Gasteiger partial charge is 0.379 e. The monoisotopic (exact) mass is 450 g/mol. The van der Waals surface area contributed by atoms with E-state index in [2.05, 4.69) is 28.5 Å². The molecule has 0 aromatic carbocycles. The number of morpholine rings is 1. The molecule has 2 N–H and O–H groups in total. The van der Waals surface area contributed by atoms with Gasteiger partial charge < -0.3 is 15.4 Å². The van der Waals surface area contributed by atoms with Crippen molar-refractivity contribution in [2.24, 2.45) is 4.99 Å². The van der Waals surface area contributed by atoms with Crippen LogP contribution in [-0.2, 0) is 4.74 Å². The van der Waals surface area contributed by atoms with Crippen molar-refractivity contribution in [2.75, 3.05) is 52.5 Å². The predicted octanol–water partition coefficient (Wildman–Crippen LogP) is 2.77. The van der Waals surface area contributed by atoms with Crippen LogP contribution in [0.4, 0.5) is 0 Å². The zero-order valence-corrected chi connectivity index (χ0v) is 17.5. The lowest BCUT2D eigenvalue weighted by Crippen LogP contribution is -2.38. The highest BCUT2D eigenvalue weighted by Gasteiger charge is 2.09. The van der Waals surface area contributed by atoms with E-state index in [1.807, 2.05) is 0 Å². The topological polar surface area (TPSA) is 48.9 Å². The molecule has 6 heteroatoms. The second kappa shape index (κ2) is 13.9. The molecule has 1 saturated heterocycles. The standard InChI is InChI=1S/C18H34N4O.HI/c1-2-19-18(21-11-9-17-7-4-3-5-8-17)20-10-6-12-22-13-15-23-16-14-22;/h7H,2-6,8-16H2,1H3,(H2,19,20,21);1H. The predicted molar refractivity (Wildman–Crippen MR) is 112 cm³/mol. The van der Waals surface area contributed by atoms with Crippen LogP contribution in [-0.4, -0.2) is 63.3 Å². The summed E-state index contributed by atoms with van der Waals surface area (Å²) in [5, 5.41) is 6.82. The quantitative estimate of drug-likeness (QED) is 0.196. The molecule has 0 bridgehead atoms. The van der Waals surface area contributed by atoms with Crippen molar-refractivity contribution >= 4 is 29.9 Å². The lowest BCUT2D eigenvalue weighted by atomic mass is 9.97. The molecule has 0 atom stereocenters. The number of halogens is 1. The number of hydrogen-bond acceptors (Lipinski definition) is 3. The molecule has 0 radical (unpaired) electrons. The number of hydrogen-bond donors (Lipinski definition) is 2. The summed E-state index contributed by atoms with van der Waals surface area (Å²) in [7, 11) is 0. The molecule has 1 aliphatic carbocycles. The molecule has 0 spiro atoms. The van der Waals surface area contributed by atoms with Crippen LogP contribution >= 0.6 is 24.0 Å². The molecule has 0 amide bonds. The van der Waals surface area contributed by atoms with Crippen LogP contribution < -0.4 is 10.6 Å². The minimum absolute atomic E-state index is 0. The van der Waals surface area contributed by atoms with Gasteiger partial charge in [-0.2, -0.15) is 0 Å². The molecule has 1 fully saturated rings. The lowest BCUT2D eigenvalue weighted by molar-refractivity contribution is 0.0377. The number of allylic oxidation sites excluding steroid dienone is 1. The third-order valence-corrected chi connectivity index (χ3v) is 4.47. The van der Waals surface area contributed by atoms with Crippen molar-refractivity contribution in [3.63, 3.8) is 0 Å². The number of aliphatic imine (C=N–C) groups is 1. The van der Waals surface area contributed by atoms with Gasteiger partial charge in [0.25, 0.3) is 0 Å². The summed E-state index contributed by atoms with van der Waals surface area (Å²) < 4.78 is 5.38. The summed E-state index contributed by atoms with van der Waals surface area (Å²) in [5.74, 6) is 0.964.